The van der Waals surface area contributed by atoms with Gasteiger partial charge in [-0.3, -0.25) is 10.1 Å². The Bertz CT molecular complexity index is 1010. The van der Waals surface area contributed by atoms with Crippen LogP contribution in [0, 0.1) is 0 Å². The van der Waals surface area contributed by atoms with Crippen molar-refractivity contribution in [2.45, 2.75) is 25.4 Å². The molecule has 2 aromatic carbocycles. The molecule has 1 N–H and O–H groups in total. The number of nitrogens with one attached hydrogen (secondary N) is 1. The van der Waals surface area contributed by atoms with Crippen molar-refractivity contribution >= 4 is 22.4 Å². The second-order valence-electron chi connectivity index (χ2n) is 6.73. The van der Waals surface area contributed by atoms with E-state index in [0.29, 0.717) is 16.6 Å². The summed E-state index contributed by atoms with van der Waals surface area (Å²) in [6.45, 7) is 0.186. The van der Waals surface area contributed by atoms with Crippen LogP contribution in [0.2, 0.25) is 0 Å². The fraction of sp³-hybridized carbons (Fsp3) is 0.238. The summed E-state index contributed by atoms with van der Waals surface area (Å²) in [6, 6.07) is 13.9. The minimum absolute atomic E-state index is 0.186. The van der Waals surface area contributed by atoms with Crippen molar-refractivity contribution in [1.29, 1.82) is 0 Å². The molecular weight excluding hydrogens is 360 g/mol. The van der Waals surface area contributed by atoms with Crippen LogP contribution < -0.4 is 14.8 Å². The molecule has 1 aromatic heterocycles. The zero-order valence-corrected chi connectivity index (χ0v) is 15.4. The van der Waals surface area contributed by atoms with Crippen molar-refractivity contribution in [3.05, 3.63) is 59.0 Å². The van der Waals surface area contributed by atoms with E-state index < -0.39 is 6.10 Å². The minimum Gasteiger partial charge on any atom is -0.485 e. The van der Waals surface area contributed by atoms with Crippen molar-refractivity contribution in [2.75, 3.05) is 11.9 Å². The number of thiazole rings is 1. The van der Waals surface area contributed by atoms with E-state index in [-0.39, 0.29) is 12.5 Å². The van der Waals surface area contributed by atoms with Gasteiger partial charge in [0.1, 0.15) is 6.61 Å². The molecule has 0 spiro atoms. The van der Waals surface area contributed by atoms with Gasteiger partial charge in [0.25, 0.3) is 5.91 Å². The summed E-state index contributed by atoms with van der Waals surface area (Å²) in [5.74, 6) is 0.996. The fourth-order valence-corrected chi connectivity index (χ4v) is 4.25. The van der Waals surface area contributed by atoms with Crippen molar-refractivity contribution < 1.29 is 14.3 Å². The second kappa shape index (κ2) is 6.70. The van der Waals surface area contributed by atoms with Crippen LogP contribution in [0.3, 0.4) is 0 Å². The number of aromatic nitrogens is 1. The monoisotopic (exact) mass is 378 g/mol. The molecule has 1 amide bonds. The molecule has 0 saturated heterocycles. The van der Waals surface area contributed by atoms with E-state index >= 15 is 0 Å². The maximum atomic E-state index is 12.5. The zero-order valence-electron chi connectivity index (χ0n) is 14.6. The van der Waals surface area contributed by atoms with Gasteiger partial charge < -0.3 is 9.47 Å². The normalized spacial score (nSPS) is 17.4. The lowest BCUT2D eigenvalue weighted by molar-refractivity contribution is -0.125. The quantitative estimate of drug-likeness (QED) is 0.746. The lowest BCUT2D eigenvalue weighted by Gasteiger charge is -2.25. The van der Waals surface area contributed by atoms with E-state index in [1.807, 2.05) is 23.6 Å². The van der Waals surface area contributed by atoms with Gasteiger partial charge in [-0.15, -0.1) is 11.3 Å². The molecule has 0 unspecified atom stereocenters. The average Bonchev–Trinajstić information content (AvgIpc) is 3.36. The molecule has 5 nitrogen and oxygen atoms in total. The Balaban J connectivity index is 1.29. The van der Waals surface area contributed by atoms with E-state index in [9.17, 15) is 4.79 Å². The van der Waals surface area contributed by atoms with Gasteiger partial charge in [0.05, 0.1) is 5.69 Å². The van der Waals surface area contributed by atoms with Crippen LogP contribution in [-0.2, 0) is 17.6 Å². The number of anilines is 1. The predicted octanol–water partition coefficient (Wildman–Crippen LogP) is 4.08. The van der Waals surface area contributed by atoms with Crippen LogP contribution in [0.5, 0.6) is 11.5 Å². The number of amides is 1. The molecular formula is C21H18N2O3S. The lowest BCUT2D eigenvalue weighted by Crippen LogP contribution is -2.40. The molecule has 136 valence electrons. The van der Waals surface area contributed by atoms with Crippen molar-refractivity contribution in [1.82, 2.24) is 4.98 Å². The first-order chi connectivity index (χ1) is 13.3. The highest BCUT2D eigenvalue weighted by molar-refractivity contribution is 7.14. The van der Waals surface area contributed by atoms with Gasteiger partial charge in [0, 0.05) is 10.9 Å². The van der Waals surface area contributed by atoms with E-state index in [4.69, 9.17) is 9.47 Å². The molecule has 27 heavy (non-hydrogen) atoms. The standard InChI is InChI=1S/C21H18N2O3S/c24-20(19-11-25-17-6-1-2-7-18(17)26-19)23-21-22-16(12-27-21)15-9-8-13-4-3-5-14(13)10-15/h1-2,6-10,12,19H,3-5,11H2,(H,22,23,24)/t19-/m1/s1. The Labute approximate surface area is 161 Å². The van der Waals surface area contributed by atoms with Gasteiger partial charge >= 0.3 is 0 Å². The third-order valence-corrected chi connectivity index (χ3v) is 5.69. The van der Waals surface area contributed by atoms with Gasteiger partial charge in [-0.05, 0) is 48.6 Å². The number of ether oxygens (including phenoxy) is 2. The molecule has 0 radical (unpaired) electrons. The maximum absolute atomic E-state index is 12.5. The first-order valence-corrected chi connectivity index (χ1v) is 9.91. The molecule has 2 aliphatic rings. The Morgan fingerprint density at radius 3 is 2.89 bits per heavy atom. The summed E-state index contributed by atoms with van der Waals surface area (Å²) in [4.78, 5) is 17.1. The smallest absolute Gasteiger partial charge is 0.270 e. The van der Waals surface area contributed by atoms with Crippen LogP contribution in [-0.4, -0.2) is 23.6 Å². The molecule has 0 fully saturated rings. The Morgan fingerprint density at radius 1 is 1.11 bits per heavy atom. The Hall–Kier alpha value is -2.86. The van der Waals surface area contributed by atoms with Crippen molar-refractivity contribution in [2.24, 2.45) is 0 Å². The molecule has 1 aliphatic heterocycles. The Kier molecular flexibility index (Phi) is 4.05. The summed E-state index contributed by atoms with van der Waals surface area (Å²) < 4.78 is 11.4. The highest BCUT2D eigenvalue weighted by Gasteiger charge is 2.28. The molecule has 5 rings (SSSR count). The molecule has 6 heteroatoms. The average molecular weight is 378 g/mol. The highest BCUT2D eigenvalue weighted by Crippen LogP contribution is 2.32. The third kappa shape index (κ3) is 3.17. The molecule has 3 aromatic rings. The van der Waals surface area contributed by atoms with E-state index in [0.717, 1.165) is 17.7 Å². The van der Waals surface area contributed by atoms with E-state index in [1.165, 1.54) is 35.3 Å². The zero-order chi connectivity index (χ0) is 18.2. The van der Waals surface area contributed by atoms with Gasteiger partial charge in [0.2, 0.25) is 6.10 Å². The molecule has 0 bridgehead atoms. The van der Waals surface area contributed by atoms with Crippen molar-refractivity contribution in [3.63, 3.8) is 0 Å². The summed E-state index contributed by atoms with van der Waals surface area (Å²) >= 11 is 1.42. The van der Waals surface area contributed by atoms with E-state index in [1.54, 1.807) is 6.07 Å². The number of rotatable bonds is 3. The number of hydrogen-bond acceptors (Lipinski definition) is 5. The first-order valence-electron chi connectivity index (χ1n) is 9.03. The summed E-state index contributed by atoms with van der Waals surface area (Å²) in [7, 11) is 0. The van der Waals surface area contributed by atoms with Gasteiger partial charge in [0.15, 0.2) is 16.6 Å². The number of carbonyl (C=O) groups excluding carboxylic acids is 1. The van der Waals surface area contributed by atoms with Crippen LogP contribution in [0.4, 0.5) is 5.13 Å². The van der Waals surface area contributed by atoms with Crippen LogP contribution in [0.1, 0.15) is 17.5 Å². The number of benzene rings is 2. The highest BCUT2D eigenvalue weighted by atomic mass is 32.1. The third-order valence-electron chi connectivity index (χ3n) is 4.93. The van der Waals surface area contributed by atoms with Crippen LogP contribution in [0.15, 0.2) is 47.8 Å². The van der Waals surface area contributed by atoms with Gasteiger partial charge in [-0.1, -0.05) is 24.3 Å². The number of fused-ring (bicyclic) bond motifs is 2. The lowest BCUT2D eigenvalue weighted by atomic mass is 10.1. The first kappa shape index (κ1) is 16.3. The van der Waals surface area contributed by atoms with Gasteiger partial charge in [-0.25, -0.2) is 4.98 Å². The number of aryl methyl sites for hydroxylation is 2. The van der Waals surface area contributed by atoms with Crippen LogP contribution >= 0.6 is 11.3 Å². The van der Waals surface area contributed by atoms with E-state index in [2.05, 4.69) is 28.5 Å². The molecule has 0 saturated carbocycles. The largest absolute Gasteiger partial charge is 0.485 e. The van der Waals surface area contributed by atoms with Crippen LogP contribution in [0.25, 0.3) is 11.3 Å². The maximum Gasteiger partial charge on any atom is 0.270 e. The molecule has 1 atom stereocenters. The fourth-order valence-electron chi connectivity index (χ4n) is 3.53. The topological polar surface area (TPSA) is 60.5 Å². The number of nitrogens with zero attached hydrogens (tertiary/aromatic N) is 1. The summed E-state index contributed by atoms with van der Waals surface area (Å²) in [5, 5.41) is 5.39. The molecule has 1 aliphatic carbocycles. The van der Waals surface area contributed by atoms with Gasteiger partial charge in [-0.2, -0.15) is 0 Å². The number of para-hydroxylation sites is 2. The Morgan fingerprint density at radius 2 is 1.96 bits per heavy atom. The minimum atomic E-state index is -0.688. The number of hydrogen-bond donors (Lipinski definition) is 1. The number of carbonyl (C=O) groups is 1. The van der Waals surface area contributed by atoms with Crippen molar-refractivity contribution in [3.8, 4) is 22.8 Å². The summed E-state index contributed by atoms with van der Waals surface area (Å²) in [6.07, 6.45) is 2.84. The molecule has 2 heterocycles. The SMILES string of the molecule is O=C(Nc1nc(-c2ccc3c(c2)CCC3)cs1)[C@H]1COc2ccccc2O1. The second-order valence-corrected chi connectivity index (χ2v) is 7.59. The predicted molar refractivity (Wildman–Crippen MR) is 105 cm³/mol. The summed E-state index contributed by atoms with van der Waals surface area (Å²) in [5.41, 5.74) is 4.84.